The zero-order valence-corrected chi connectivity index (χ0v) is 15.9. The van der Waals surface area contributed by atoms with Crippen molar-refractivity contribution in [1.82, 2.24) is 15.1 Å². The SMILES string of the molecule is N#C[C@@H]1C[C@H](F)CN1C(=O)CNC12CCC(C(=O)N3CCCC3)(CC1)CC2. The zero-order valence-electron chi connectivity index (χ0n) is 15.9. The second-order valence-corrected chi connectivity index (χ2v) is 8.94. The van der Waals surface area contributed by atoms with Crippen LogP contribution in [0.25, 0.3) is 0 Å². The Morgan fingerprint density at radius 1 is 1.11 bits per heavy atom. The number of hydrogen-bond donors (Lipinski definition) is 1. The number of nitriles is 1. The summed E-state index contributed by atoms with van der Waals surface area (Å²) >= 11 is 0. The van der Waals surface area contributed by atoms with Crippen LogP contribution in [0, 0.1) is 16.7 Å². The van der Waals surface area contributed by atoms with E-state index in [1.807, 2.05) is 6.07 Å². The first-order chi connectivity index (χ1) is 13.0. The van der Waals surface area contributed by atoms with E-state index < -0.39 is 12.2 Å². The van der Waals surface area contributed by atoms with Gasteiger partial charge in [-0.3, -0.25) is 9.59 Å². The number of rotatable bonds is 4. The number of halogens is 1. The maximum Gasteiger partial charge on any atom is 0.237 e. The summed E-state index contributed by atoms with van der Waals surface area (Å²) in [5.74, 6) is 0.166. The lowest BCUT2D eigenvalue weighted by Crippen LogP contribution is -2.60. The molecule has 0 unspecified atom stereocenters. The highest BCUT2D eigenvalue weighted by Crippen LogP contribution is 2.53. The molecule has 0 spiro atoms. The van der Waals surface area contributed by atoms with Crippen molar-refractivity contribution in [2.45, 2.75) is 75.5 Å². The Labute approximate surface area is 160 Å². The molecular formula is C20H29FN4O2. The van der Waals surface area contributed by atoms with Crippen LogP contribution in [-0.2, 0) is 9.59 Å². The van der Waals surface area contributed by atoms with Crippen LogP contribution in [0.5, 0.6) is 0 Å². The maximum atomic E-state index is 13.6. The quantitative estimate of drug-likeness (QED) is 0.811. The topological polar surface area (TPSA) is 76.4 Å². The molecule has 0 aromatic carbocycles. The summed E-state index contributed by atoms with van der Waals surface area (Å²) in [6.45, 7) is 1.99. The highest BCUT2D eigenvalue weighted by atomic mass is 19.1. The van der Waals surface area contributed by atoms with Gasteiger partial charge in [-0.2, -0.15) is 5.26 Å². The van der Waals surface area contributed by atoms with Gasteiger partial charge in [0.05, 0.1) is 19.2 Å². The number of fused-ring (bicyclic) bond motifs is 3. The van der Waals surface area contributed by atoms with E-state index in [4.69, 9.17) is 5.26 Å². The molecule has 7 heteroatoms. The van der Waals surface area contributed by atoms with Crippen molar-refractivity contribution >= 4 is 11.8 Å². The number of alkyl halides is 1. The Balaban J connectivity index is 1.33. The Morgan fingerprint density at radius 3 is 2.33 bits per heavy atom. The largest absolute Gasteiger partial charge is 0.342 e. The highest BCUT2D eigenvalue weighted by Gasteiger charge is 2.53. The summed E-state index contributed by atoms with van der Waals surface area (Å²) < 4.78 is 13.6. The molecule has 5 rings (SSSR count). The summed E-state index contributed by atoms with van der Waals surface area (Å²) in [4.78, 5) is 28.9. The summed E-state index contributed by atoms with van der Waals surface area (Å²) in [7, 11) is 0. The predicted molar refractivity (Wildman–Crippen MR) is 97.3 cm³/mol. The van der Waals surface area contributed by atoms with E-state index in [1.165, 1.54) is 4.90 Å². The van der Waals surface area contributed by atoms with Crippen molar-refractivity contribution in [2.75, 3.05) is 26.2 Å². The Kier molecular flexibility index (Phi) is 4.87. The van der Waals surface area contributed by atoms with Gasteiger partial charge in [0.25, 0.3) is 0 Å². The highest BCUT2D eigenvalue weighted by molar-refractivity contribution is 5.83. The predicted octanol–water partition coefficient (Wildman–Crippen LogP) is 1.75. The molecule has 3 saturated carbocycles. The van der Waals surface area contributed by atoms with E-state index in [2.05, 4.69) is 10.2 Å². The minimum absolute atomic E-state index is 0.0270. The van der Waals surface area contributed by atoms with Gasteiger partial charge in [-0.1, -0.05) is 0 Å². The smallest absolute Gasteiger partial charge is 0.237 e. The first-order valence-electron chi connectivity index (χ1n) is 10.3. The molecule has 5 aliphatic rings. The number of carbonyl (C=O) groups is 2. The van der Waals surface area contributed by atoms with Crippen molar-refractivity contribution in [3.63, 3.8) is 0 Å². The molecule has 6 nitrogen and oxygen atoms in total. The lowest BCUT2D eigenvalue weighted by Gasteiger charge is -2.53. The van der Waals surface area contributed by atoms with E-state index in [0.717, 1.165) is 64.5 Å². The van der Waals surface area contributed by atoms with Crippen LogP contribution in [0.2, 0.25) is 0 Å². The minimum Gasteiger partial charge on any atom is -0.342 e. The molecular weight excluding hydrogens is 347 g/mol. The third kappa shape index (κ3) is 3.33. The van der Waals surface area contributed by atoms with Crippen molar-refractivity contribution in [2.24, 2.45) is 5.41 Å². The molecule has 2 saturated heterocycles. The number of nitrogens with one attached hydrogen (secondary N) is 1. The fourth-order valence-electron chi connectivity index (χ4n) is 5.57. The van der Waals surface area contributed by atoms with Crippen molar-refractivity contribution < 1.29 is 14.0 Å². The molecule has 3 aliphatic carbocycles. The monoisotopic (exact) mass is 376 g/mol. The molecule has 0 aromatic heterocycles. The van der Waals surface area contributed by atoms with Gasteiger partial charge in [0.2, 0.25) is 11.8 Å². The van der Waals surface area contributed by atoms with E-state index in [-0.39, 0.29) is 36.4 Å². The molecule has 0 aromatic rings. The van der Waals surface area contributed by atoms with Crippen LogP contribution in [0.4, 0.5) is 4.39 Å². The van der Waals surface area contributed by atoms with E-state index in [9.17, 15) is 14.0 Å². The van der Waals surface area contributed by atoms with E-state index >= 15 is 0 Å². The van der Waals surface area contributed by atoms with Crippen LogP contribution < -0.4 is 5.32 Å². The molecule has 0 radical (unpaired) electrons. The summed E-state index contributed by atoms with van der Waals surface area (Å²) in [6.07, 6.45) is 6.66. The van der Waals surface area contributed by atoms with Crippen molar-refractivity contribution in [1.29, 1.82) is 5.26 Å². The molecule has 2 bridgehead atoms. The Morgan fingerprint density at radius 2 is 1.74 bits per heavy atom. The first kappa shape index (κ1) is 18.7. The van der Waals surface area contributed by atoms with Crippen LogP contribution in [0.3, 0.4) is 0 Å². The van der Waals surface area contributed by atoms with Gasteiger partial charge < -0.3 is 15.1 Å². The lowest BCUT2D eigenvalue weighted by molar-refractivity contribution is -0.149. The van der Waals surface area contributed by atoms with Gasteiger partial charge in [-0.05, 0) is 51.4 Å². The van der Waals surface area contributed by atoms with E-state index in [0.29, 0.717) is 5.91 Å². The molecule has 2 heterocycles. The normalized spacial score (nSPS) is 38.2. The number of nitrogens with zero attached hydrogens (tertiary/aromatic N) is 3. The fraction of sp³-hybridized carbons (Fsp3) is 0.850. The maximum absolute atomic E-state index is 13.6. The molecule has 148 valence electrons. The second-order valence-electron chi connectivity index (χ2n) is 8.94. The molecule has 27 heavy (non-hydrogen) atoms. The van der Waals surface area contributed by atoms with E-state index in [1.54, 1.807) is 0 Å². The summed E-state index contributed by atoms with van der Waals surface area (Å²) in [5.41, 5.74) is -0.264. The number of likely N-dealkylation sites (tertiary alicyclic amines) is 2. The minimum atomic E-state index is -1.10. The summed E-state index contributed by atoms with van der Waals surface area (Å²) in [5, 5.41) is 12.6. The summed E-state index contributed by atoms with van der Waals surface area (Å²) in [6, 6.07) is 1.39. The molecule has 2 atom stereocenters. The average Bonchev–Trinajstić information content (AvgIpc) is 3.36. The van der Waals surface area contributed by atoms with Gasteiger partial charge in [0.1, 0.15) is 12.2 Å². The molecule has 1 N–H and O–H groups in total. The lowest BCUT2D eigenvalue weighted by atomic mass is 9.56. The molecule has 2 aliphatic heterocycles. The van der Waals surface area contributed by atoms with Gasteiger partial charge in [-0.15, -0.1) is 0 Å². The van der Waals surface area contributed by atoms with Crippen molar-refractivity contribution in [3.8, 4) is 6.07 Å². The second kappa shape index (κ2) is 7.05. The fourth-order valence-corrected chi connectivity index (χ4v) is 5.57. The van der Waals surface area contributed by atoms with Gasteiger partial charge >= 0.3 is 0 Å². The van der Waals surface area contributed by atoms with Gasteiger partial charge in [-0.25, -0.2) is 4.39 Å². The third-order valence-corrected chi connectivity index (χ3v) is 7.43. The number of hydrogen-bond acceptors (Lipinski definition) is 4. The Hall–Kier alpha value is -1.68. The molecule has 5 fully saturated rings. The number of amides is 2. The zero-order chi connectivity index (χ0) is 19.1. The van der Waals surface area contributed by atoms with Crippen LogP contribution in [0.15, 0.2) is 0 Å². The standard InChI is InChI=1S/C20H29FN4O2/c21-15-11-16(12-22)25(14-15)17(26)13-23-20-6-3-19(4-7-20,5-8-20)18(27)24-9-1-2-10-24/h15-16,23H,1-11,13-14H2/t15-,16-,19?,20?/m0/s1. The van der Waals surface area contributed by atoms with Crippen molar-refractivity contribution in [3.05, 3.63) is 0 Å². The van der Waals surface area contributed by atoms with Gasteiger partial charge in [0, 0.05) is 30.5 Å². The third-order valence-electron chi connectivity index (χ3n) is 7.43. The number of carbonyl (C=O) groups excluding carboxylic acids is 2. The van der Waals surface area contributed by atoms with Gasteiger partial charge in [0.15, 0.2) is 0 Å². The van der Waals surface area contributed by atoms with Crippen LogP contribution in [0.1, 0.15) is 57.8 Å². The Bertz CT molecular complexity index is 630. The molecule has 2 amide bonds. The first-order valence-corrected chi connectivity index (χ1v) is 10.3. The van der Waals surface area contributed by atoms with Crippen LogP contribution in [-0.4, -0.2) is 65.5 Å². The average molecular weight is 376 g/mol. The van der Waals surface area contributed by atoms with Crippen LogP contribution >= 0.6 is 0 Å².